The van der Waals surface area contributed by atoms with Gasteiger partial charge in [-0.05, 0) is 17.7 Å². The molecule has 2 rings (SSSR count). The van der Waals surface area contributed by atoms with E-state index >= 15 is 0 Å². The van der Waals surface area contributed by atoms with Crippen molar-refractivity contribution in [1.82, 2.24) is 0 Å². The summed E-state index contributed by atoms with van der Waals surface area (Å²) in [7, 11) is 0. The Balaban J connectivity index is 2.04. The van der Waals surface area contributed by atoms with Gasteiger partial charge in [0.2, 0.25) is 0 Å². The molecule has 18 heavy (non-hydrogen) atoms. The van der Waals surface area contributed by atoms with Crippen molar-refractivity contribution >= 4 is 0 Å². The lowest BCUT2D eigenvalue weighted by Gasteiger charge is -2.13. The van der Waals surface area contributed by atoms with E-state index in [2.05, 4.69) is 0 Å². The van der Waals surface area contributed by atoms with Crippen LogP contribution in [0.15, 0.2) is 48.5 Å². The number of aliphatic hydroxyl groups excluding tert-OH is 1. The van der Waals surface area contributed by atoms with Gasteiger partial charge in [-0.15, -0.1) is 0 Å². The summed E-state index contributed by atoms with van der Waals surface area (Å²) in [5.74, 6) is -2.03. The van der Waals surface area contributed by atoms with Crippen molar-refractivity contribution in [2.24, 2.45) is 0 Å². The van der Waals surface area contributed by atoms with Crippen LogP contribution in [-0.2, 0) is 0 Å². The molecule has 0 saturated carbocycles. The van der Waals surface area contributed by atoms with E-state index in [1.54, 1.807) is 24.3 Å². The molecule has 0 aliphatic rings. The first kappa shape index (κ1) is 12.5. The molecule has 0 radical (unpaired) electrons. The first-order chi connectivity index (χ1) is 8.68. The summed E-state index contributed by atoms with van der Waals surface area (Å²) in [6.07, 6.45) is -0.926. The Morgan fingerprint density at radius 2 is 1.56 bits per heavy atom. The maximum Gasteiger partial charge on any atom is 0.190 e. The lowest BCUT2D eigenvalue weighted by molar-refractivity contribution is 0.103. The fourth-order valence-electron chi connectivity index (χ4n) is 1.55. The third-order valence-electron chi connectivity index (χ3n) is 2.49. The molecule has 0 aliphatic heterocycles. The monoisotopic (exact) mass is 250 g/mol. The van der Waals surface area contributed by atoms with Gasteiger partial charge in [-0.25, -0.2) is 8.78 Å². The average Bonchev–Trinajstić information content (AvgIpc) is 2.39. The van der Waals surface area contributed by atoms with Crippen LogP contribution in [-0.4, -0.2) is 11.7 Å². The van der Waals surface area contributed by atoms with Crippen molar-refractivity contribution in [3.05, 3.63) is 65.7 Å². The third-order valence-corrected chi connectivity index (χ3v) is 2.49. The van der Waals surface area contributed by atoms with Crippen molar-refractivity contribution < 1.29 is 18.6 Å². The minimum atomic E-state index is -0.926. The summed E-state index contributed by atoms with van der Waals surface area (Å²) in [5, 5.41) is 9.79. The molecule has 0 aromatic heterocycles. The van der Waals surface area contributed by atoms with E-state index in [0.717, 1.165) is 12.1 Å². The third kappa shape index (κ3) is 2.84. The van der Waals surface area contributed by atoms with Gasteiger partial charge in [0.25, 0.3) is 0 Å². The van der Waals surface area contributed by atoms with Crippen molar-refractivity contribution in [2.45, 2.75) is 6.10 Å². The molecule has 0 bridgehead atoms. The molecule has 0 saturated heterocycles. The van der Waals surface area contributed by atoms with E-state index in [1.165, 1.54) is 6.07 Å². The van der Waals surface area contributed by atoms with Gasteiger partial charge < -0.3 is 9.84 Å². The molecule has 0 fully saturated rings. The number of ether oxygens (including phenoxy) is 1. The fourth-order valence-corrected chi connectivity index (χ4v) is 1.55. The van der Waals surface area contributed by atoms with Crippen molar-refractivity contribution in [3.63, 3.8) is 0 Å². The molecular formula is C14H12F2O2. The quantitative estimate of drug-likeness (QED) is 0.903. The van der Waals surface area contributed by atoms with Crippen LogP contribution in [0.1, 0.15) is 11.7 Å². The normalized spacial score (nSPS) is 12.2. The van der Waals surface area contributed by atoms with Crippen LogP contribution in [0, 0.1) is 11.6 Å². The Morgan fingerprint density at radius 1 is 0.944 bits per heavy atom. The average molecular weight is 250 g/mol. The Morgan fingerprint density at radius 3 is 2.17 bits per heavy atom. The van der Waals surface area contributed by atoms with Gasteiger partial charge in [0.05, 0.1) is 0 Å². The van der Waals surface area contributed by atoms with Crippen LogP contribution >= 0.6 is 0 Å². The number of hydrogen-bond acceptors (Lipinski definition) is 2. The summed E-state index contributed by atoms with van der Waals surface area (Å²) < 4.78 is 31.5. The largest absolute Gasteiger partial charge is 0.484 e. The Bertz CT molecular complexity index is 494. The molecule has 0 spiro atoms. The zero-order valence-corrected chi connectivity index (χ0v) is 9.51. The zero-order chi connectivity index (χ0) is 13.0. The van der Waals surface area contributed by atoms with Crippen molar-refractivity contribution in [1.29, 1.82) is 0 Å². The van der Waals surface area contributed by atoms with Gasteiger partial charge in [0.1, 0.15) is 12.7 Å². The number of rotatable bonds is 4. The van der Waals surface area contributed by atoms with Gasteiger partial charge in [0, 0.05) is 0 Å². The standard InChI is InChI=1S/C14H12F2O2/c15-11-7-4-8-12(16)14(11)18-9-13(17)10-5-2-1-3-6-10/h1-8,13,17H,9H2. The minimum absolute atomic E-state index is 0.206. The van der Waals surface area contributed by atoms with Crippen LogP contribution in [0.4, 0.5) is 8.78 Å². The Kier molecular flexibility index (Phi) is 3.89. The highest BCUT2D eigenvalue weighted by Crippen LogP contribution is 2.22. The number of hydrogen-bond donors (Lipinski definition) is 1. The van der Waals surface area contributed by atoms with Gasteiger partial charge in [-0.1, -0.05) is 36.4 Å². The summed E-state index contributed by atoms with van der Waals surface area (Å²) >= 11 is 0. The number of aliphatic hydroxyl groups is 1. The number of halogens is 2. The minimum Gasteiger partial charge on any atom is -0.484 e. The van der Waals surface area contributed by atoms with Gasteiger partial charge in [-0.3, -0.25) is 0 Å². The molecule has 1 atom stereocenters. The topological polar surface area (TPSA) is 29.5 Å². The second-order valence-electron chi connectivity index (χ2n) is 3.79. The Hall–Kier alpha value is -1.94. The molecule has 1 N–H and O–H groups in total. The first-order valence-corrected chi connectivity index (χ1v) is 5.48. The Labute approximate surface area is 103 Å². The SMILES string of the molecule is OC(COc1c(F)cccc1F)c1ccccc1. The second kappa shape index (κ2) is 5.60. The molecule has 2 aromatic carbocycles. The van der Waals surface area contributed by atoms with Crippen molar-refractivity contribution in [2.75, 3.05) is 6.61 Å². The molecule has 2 nitrogen and oxygen atoms in total. The van der Waals surface area contributed by atoms with E-state index in [4.69, 9.17) is 4.74 Å². The van der Waals surface area contributed by atoms with Crippen LogP contribution < -0.4 is 4.74 Å². The zero-order valence-electron chi connectivity index (χ0n) is 9.51. The lowest BCUT2D eigenvalue weighted by Crippen LogP contribution is -2.11. The van der Waals surface area contributed by atoms with Crippen molar-refractivity contribution in [3.8, 4) is 5.75 Å². The predicted molar refractivity (Wildman–Crippen MR) is 63.3 cm³/mol. The highest BCUT2D eigenvalue weighted by atomic mass is 19.1. The van der Waals surface area contributed by atoms with Gasteiger partial charge in [0.15, 0.2) is 17.4 Å². The second-order valence-corrected chi connectivity index (χ2v) is 3.79. The molecule has 4 heteroatoms. The van der Waals surface area contributed by atoms with E-state index in [9.17, 15) is 13.9 Å². The fraction of sp³-hybridized carbons (Fsp3) is 0.143. The van der Waals surface area contributed by atoms with Crippen LogP contribution in [0.5, 0.6) is 5.75 Å². The summed E-state index contributed by atoms with van der Waals surface area (Å²) in [6.45, 7) is -0.206. The lowest BCUT2D eigenvalue weighted by atomic mass is 10.1. The first-order valence-electron chi connectivity index (χ1n) is 5.48. The maximum atomic E-state index is 13.3. The molecule has 0 heterocycles. The van der Waals surface area contributed by atoms with E-state index in [1.807, 2.05) is 6.07 Å². The maximum absolute atomic E-state index is 13.3. The molecule has 94 valence electrons. The van der Waals surface area contributed by atoms with Crippen LogP contribution in [0.3, 0.4) is 0 Å². The van der Waals surface area contributed by atoms with E-state index < -0.39 is 23.5 Å². The van der Waals surface area contributed by atoms with Crippen LogP contribution in [0.2, 0.25) is 0 Å². The molecule has 0 amide bonds. The number of benzene rings is 2. The summed E-state index contributed by atoms with van der Waals surface area (Å²) in [5.41, 5.74) is 0.634. The molecule has 0 aliphatic carbocycles. The highest BCUT2D eigenvalue weighted by Gasteiger charge is 2.13. The van der Waals surface area contributed by atoms with E-state index in [0.29, 0.717) is 5.56 Å². The highest BCUT2D eigenvalue weighted by molar-refractivity contribution is 5.26. The van der Waals surface area contributed by atoms with Gasteiger partial charge >= 0.3 is 0 Å². The molecular weight excluding hydrogens is 238 g/mol. The molecule has 1 unspecified atom stereocenters. The van der Waals surface area contributed by atoms with E-state index in [-0.39, 0.29) is 6.61 Å². The summed E-state index contributed by atoms with van der Waals surface area (Å²) in [6, 6.07) is 12.2. The molecule has 2 aromatic rings. The summed E-state index contributed by atoms with van der Waals surface area (Å²) in [4.78, 5) is 0. The number of para-hydroxylation sites is 1. The van der Waals surface area contributed by atoms with Gasteiger partial charge in [-0.2, -0.15) is 0 Å². The predicted octanol–water partition coefficient (Wildman–Crippen LogP) is 3.08. The van der Waals surface area contributed by atoms with Crippen LogP contribution in [0.25, 0.3) is 0 Å². The smallest absolute Gasteiger partial charge is 0.190 e.